The molecule has 4 heteroatoms. The topological polar surface area (TPSA) is 64.3 Å². The van der Waals surface area contributed by atoms with Crippen LogP contribution in [0.3, 0.4) is 0 Å². The summed E-state index contributed by atoms with van der Waals surface area (Å²) in [5.41, 5.74) is 8.18. The first-order valence-electron chi connectivity index (χ1n) is 7.87. The summed E-state index contributed by atoms with van der Waals surface area (Å²) in [6.45, 7) is 5.31. The zero-order valence-corrected chi connectivity index (χ0v) is 12.9. The van der Waals surface area contributed by atoms with Crippen molar-refractivity contribution in [3.05, 3.63) is 28.8 Å². The maximum atomic E-state index is 11.1. The Morgan fingerprint density at radius 3 is 2.81 bits per heavy atom. The first-order valence-corrected chi connectivity index (χ1v) is 7.87. The Kier molecular flexibility index (Phi) is 6.21. The molecule has 0 aromatic heterocycles. The zero-order chi connectivity index (χ0) is 15.1. The van der Waals surface area contributed by atoms with Gasteiger partial charge in [0.2, 0.25) is 0 Å². The van der Waals surface area contributed by atoms with Crippen LogP contribution >= 0.6 is 0 Å². The SMILES string of the molecule is Cc1cc(OCCCC2CCNCC2)cc(CN)c1C=O. The minimum atomic E-state index is 0.362. The molecule has 1 fully saturated rings. The third kappa shape index (κ3) is 4.55. The van der Waals surface area contributed by atoms with Gasteiger partial charge in [0.1, 0.15) is 5.75 Å². The standard InChI is InChI=1S/C17H26N2O2/c1-13-9-16(10-15(11-18)17(13)12-20)21-8-2-3-14-4-6-19-7-5-14/h9-10,12,14,19H,2-8,11,18H2,1H3. The molecule has 3 N–H and O–H groups in total. The van der Waals surface area contributed by atoms with Gasteiger partial charge < -0.3 is 15.8 Å². The second-order valence-corrected chi connectivity index (χ2v) is 5.82. The Balaban J connectivity index is 1.82. The van der Waals surface area contributed by atoms with Crippen LogP contribution in [0, 0.1) is 12.8 Å². The minimum Gasteiger partial charge on any atom is -0.494 e. The van der Waals surface area contributed by atoms with Crippen molar-refractivity contribution in [2.75, 3.05) is 19.7 Å². The normalized spacial score (nSPS) is 15.9. The lowest BCUT2D eigenvalue weighted by Crippen LogP contribution is -2.27. The second-order valence-electron chi connectivity index (χ2n) is 5.82. The average Bonchev–Trinajstić information content (AvgIpc) is 2.52. The molecule has 0 unspecified atom stereocenters. The van der Waals surface area contributed by atoms with Crippen LogP contribution in [0.1, 0.15) is 47.2 Å². The largest absolute Gasteiger partial charge is 0.494 e. The number of nitrogens with two attached hydrogens (primary N) is 1. The molecule has 1 heterocycles. The van der Waals surface area contributed by atoms with E-state index in [9.17, 15) is 4.79 Å². The van der Waals surface area contributed by atoms with Crippen molar-refractivity contribution in [3.8, 4) is 5.75 Å². The molecular weight excluding hydrogens is 264 g/mol. The Morgan fingerprint density at radius 2 is 2.14 bits per heavy atom. The maximum Gasteiger partial charge on any atom is 0.150 e. The molecule has 1 aromatic rings. The minimum absolute atomic E-state index is 0.362. The highest BCUT2D eigenvalue weighted by atomic mass is 16.5. The van der Waals surface area contributed by atoms with Crippen molar-refractivity contribution in [2.45, 2.75) is 39.2 Å². The lowest BCUT2D eigenvalue weighted by atomic mass is 9.93. The van der Waals surface area contributed by atoms with Crippen molar-refractivity contribution in [2.24, 2.45) is 11.7 Å². The van der Waals surface area contributed by atoms with Gasteiger partial charge in [0.15, 0.2) is 6.29 Å². The molecular formula is C17H26N2O2. The highest BCUT2D eigenvalue weighted by Gasteiger charge is 2.12. The number of rotatable bonds is 7. The number of hydrogen-bond donors (Lipinski definition) is 2. The molecule has 0 bridgehead atoms. The number of hydrogen-bond acceptors (Lipinski definition) is 4. The highest BCUT2D eigenvalue weighted by molar-refractivity contribution is 5.80. The molecule has 0 spiro atoms. The molecule has 1 aromatic carbocycles. The Labute approximate surface area is 127 Å². The number of aryl methyl sites for hydroxylation is 1. The van der Waals surface area contributed by atoms with E-state index in [0.29, 0.717) is 12.1 Å². The number of ether oxygens (including phenoxy) is 1. The number of nitrogens with one attached hydrogen (secondary N) is 1. The van der Waals surface area contributed by atoms with Gasteiger partial charge >= 0.3 is 0 Å². The summed E-state index contributed by atoms with van der Waals surface area (Å²) in [5.74, 6) is 1.66. The molecule has 0 saturated carbocycles. The molecule has 1 saturated heterocycles. The summed E-state index contributed by atoms with van der Waals surface area (Å²) >= 11 is 0. The van der Waals surface area contributed by atoms with E-state index in [1.54, 1.807) is 0 Å². The predicted molar refractivity (Wildman–Crippen MR) is 84.8 cm³/mol. The van der Waals surface area contributed by atoms with Gasteiger partial charge in [0, 0.05) is 12.1 Å². The maximum absolute atomic E-state index is 11.1. The summed E-state index contributed by atoms with van der Waals surface area (Å²) in [4.78, 5) is 11.1. The fraction of sp³-hybridized carbons (Fsp3) is 0.588. The highest BCUT2D eigenvalue weighted by Crippen LogP contribution is 2.22. The number of carbonyl (C=O) groups excluding carboxylic acids is 1. The molecule has 0 atom stereocenters. The summed E-state index contributed by atoms with van der Waals surface area (Å²) in [7, 11) is 0. The fourth-order valence-corrected chi connectivity index (χ4v) is 2.99. The van der Waals surface area contributed by atoms with E-state index >= 15 is 0 Å². The van der Waals surface area contributed by atoms with Crippen molar-refractivity contribution in [3.63, 3.8) is 0 Å². The average molecular weight is 290 g/mol. The van der Waals surface area contributed by atoms with Crippen LogP contribution in [-0.4, -0.2) is 26.0 Å². The Hall–Kier alpha value is -1.39. The lowest BCUT2D eigenvalue weighted by molar-refractivity contribution is 0.112. The van der Waals surface area contributed by atoms with Crippen LogP contribution in [0.4, 0.5) is 0 Å². The predicted octanol–water partition coefficient (Wildman–Crippen LogP) is 2.42. The number of aldehydes is 1. The molecule has 1 aliphatic rings. The van der Waals surface area contributed by atoms with Gasteiger partial charge in [0.05, 0.1) is 6.61 Å². The van der Waals surface area contributed by atoms with Gasteiger partial charge in [0.25, 0.3) is 0 Å². The van der Waals surface area contributed by atoms with Crippen molar-refractivity contribution < 1.29 is 9.53 Å². The van der Waals surface area contributed by atoms with Crippen LogP contribution in [0.25, 0.3) is 0 Å². The fourth-order valence-electron chi connectivity index (χ4n) is 2.99. The molecule has 4 nitrogen and oxygen atoms in total. The Morgan fingerprint density at radius 1 is 1.38 bits per heavy atom. The number of piperidine rings is 1. The molecule has 1 aliphatic heterocycles. The first-order chi connectivity index (χ1) is 10.2. The molecule has 0 amide bonds. The van der Waals surface area contributed by atoms with E-state index in [0.717, 1.165) is 55.2 Å². The Bertz CT molecular complexity index is 468. The summed E-state index contributed by atoms with van der Waals surface area (Å²) < 4.78 is 5.83. The number of benzene rings is 1. The van der Waals surface area contributed by atoms with Gasteiger partial charge in [-0.1, -0.05) is 0 Å². The third-order valence-electron chi connectivity index (χ3n) is 4.27. The van der Waals surface area contributed by atoms with Crippen molar-refractivity contribution >= 4 is 6.29 Å². The van der Waals surface area contributed by atoms with E-state index < -0.39 is 0 Å². The first kappa shape index (κ1) is 16.0. The van der Waals surface area contributed by atoms with E-state index in [1.807, 2.05) is 19.1 Å². The summed E-state index contributed by atoms with van der Waals surface area (Å²) in [6, 6.07) is 3.81. The van der Waals surface area contributed by atoms with Crippen LogP contribution in [0.2, 0.25) is 0 Å². The van der Waals surface area contributed by atoms with Crippen molar-refractivity contribution in [1.82, 2.24) is 5.32 Å². The summed E-state index contributed by atoms with van der Waals surface area (Å²) in [6.07, 6.45) is 5.75. The molecule has 0 aliphatic carbocycles. The van der Waals surface area contributed by atoms with E-state index in [4.69, 9.17) is 10.5 Å². The second kappa shape index (κ2) is 8.15. The molecule has 21 heavy (non-hydrogen) atoms. The van der Waals surface area contributed by atoms with Gasteiger partial charge in [-0.15, -0.1) is 0 Å². The quantitative estimate of drug-likeness (QED) is 0.598. The zero-order valence-electron chi connectivity index (χ0n) is 12.9. The van der Waals surface area contributed by atoms with Crippen LogP contribution in [0.5, 0.6) is 5.75 Å². The van der Waals surface area contributed by atoms with E-state index in [-0.39, 0.29) is 0 Å². The lowest BCUT2D eigenvalue weighted by Gasteiger charge is -2.22. The summed E-state index contributed by atoms with van der Waals surface area (Å²) in [5, 5.41) is 3.39. The third-order valence-corrected chi connectivity index (χ3v) is 4.27. The van der Waals surface area contributed by atoms with Crippen LogP contribution in [-0.2, 0) is 6.54 Å². The molecule has 116 valence electrons. The van der Waals surface area contributed by atoms with Crippen LogP contribution in [0.15, 0.2) is 12.1 Å². The molecule has 2 rings (SSSR count). The smallest absolute Gasteiger partial charge is 0.150 e. The van der Waals surface area contributed by atoms with Gasteiger partial charge in [-0.2, -0.15) is 0 Å². The molecule has 0 radical (unpaired) electrons. The van der Waals surface area contributed by atoms with Gasteiger partial charge in [-0.3, -0.25) is 4.79 Å². The monoisotopic (exact) mass is 290 g/mol. The van der Waals surface area contributed by atoms with Crippen molar-refractivity contribution in [1.29, 1.82) is 0 Å². The van der Waals surface area contributed by atoms with Crippen LogP contribution < -0.4 is 15.8 Å². The van der Waals surface area contributed by atoms with E-state index in [1.165, 1.54) is 19.3 Å². The number of carbonyl (C=O) groups is 1. The van der Waals surface area contributed by atoms with Gasteiger partial charge in [-0.05, 0) is 74.9 Å². The van der Waals surface area contributed by atoms with Gasteiger partial charge in [-0.25, -0.2) is 0 Å². The van der Waals surface area contributed by atoms with E-state index in [2.05, 4.69) is 5.32 Å².